The Morgan fingerprint density at radius 1 is 1.12 bits per heavy atom. The molecule has 0 aromatic heterocycles. The van der Waals surface area contributed by atoms with Gasteiger partial charge in [-0.05, 0) is 37.1 Å². The van der Waals surface area contributed by atoms with Crippen LogP contribution in [0.4, 0.5) is 0 Å². The summed E-state index contributed by atoms with van der Waals surface area (Å²) < 4.78 is 0. The molecule has 2 rings (SSSR count). The third kappa shape index (κ3) is 3.46. The highest BCUT2D eigenvalue weighted by atomic mass is 16.3. The average Bonchev–Trinajstić information content (AvgIpc) is 2.38. The van der Waals surface area contributed by atoms with Crippen molar-refractivity contribution in [3.63, 3.8) is 0 Å². The van der Waals surface area contributed by atoms with Crippen molar-refractivity contribution in [3.8, 4) is 5.75 Å². The lowest BCUT2D eigenvalue weighted by Gasteiger charge is -2.22. The Balaban J connectivity index is 1.82. The number of hydrogen-bond acceptors (Lipinski definition) is 3. The van der Waals surface area contributed by atoms with E-state index < -0.39 is 0 Å². The number of amides is 1. The Hall–Kier alpha value is -1.55. The first-order chi connectivity index (χ1) is 8.25. The van der Waals surface area contributed by atoms with Gasteiger partial charge in [-0.15, -0.1) is 0 Å². The first-order valence-corrected chi connectivity index (χ1v) is 6.10. The number of hydrogen-bond donors (Lipinski definition) is 3. The van der Waals surface area contributed by atoms with Crippen molar-refractivity contribution in [2.45, 2.75) is 38.1 Å². The van der Waals surface area contributed by atoms with Crippen LogP contribution in [0.15, 0.2) is 24.3 Å². The van der Waals surface area contributed by atoms with Crippen LogP contribution in [-0.2, 0) is 0 Å². The Morgan fingerprint density at radius 2 is 1.76 bits per heavy atom. The van der Waals surface area contributed by atoms with Gasteiger partial charge in [-0.2, -0.15) is 0 Å². The summed E-state index contributed by atoms with van der Waals surface area (Å²) >= 11 is 0. The van der Waals surface area contributed by atoms with E-state index in [1.54, 1.807) is 12.1 Å². The van der Waals surface area contributed by atoms with Gasteiger partial charge in [0.2, 0.25) is 0 Å². The van der Waals surface area contributed by atoms with Crippen molar-refractivity contribution in [1.29, 1.82) is 0 Å². The first kappa shape index (κ1) is 11.9. The Morgan fingerprint density at radius 3 is 2.41 bits per heavy atom. The van der Waals surface area contributed by atoms with Crippen LogP contribution < -0.4 is 10.9 Å². The highest BCUT2D eigenvalue weighted by Gasteiger charge is 2.14. The molecule has 1 aliphatic rings. The van der Waals surface area contributed by atoms with Gasteiger partial charge in [-0.25, -0.2) is 5.43 Å². The van der Waals surface area contributed by atoms with Gasteiger partial charge in [0.15, 0.2) is 0 Å². The van der Waals surface area contributed by atoms with Gasteiger partial charge in [0.25, 0.3) is 5.91 Å². The standard InChI is InChI=1S/C13H18N2O2/c16-12-8-6-10(7-9-12)13(17)15-14-11-4-2-1-3-5-11/h6-9,11,14,16H,1-5H2,(H,15,17). The molecule has 4 nitrogen and oxygen atoms in total. The highest BCUT2D eigenvalue weighted by molar-refractivity contribution is 5.93. The van der Waals surface area contributed by atoms with Crippen LogP contribution in [0.2, 0.25) is 0 Å². The lowest BCUT2D eigenvalue weighted by atomic mass is 9.96. The molecule has 92 valence electrons. The Labute approximate surface area is 101 Å². The van der Waals surface area contributed by atoms with Gasteiger partial charge < -0.3 is 5.11 Å². The van der Waals surface area contributed by atoms with E-state index in [0.29, 0.717) is 11.6 Å². The summed E-state index contributed by atoms with van der Waals surface area (Å²) in [5, 5.41) is 9.12. The molecule has 0 aliphatic heterocycles. The van der Waals surface area contributed by atoms with Crippen molar-refractivity contribution in [2.75, 3.05) is 0 Å². The average molecular weight is 234 g/mol. The van der Waals surface area contributed by atoms with E-state index in [-0.39, 0.29) is 11.7 Å². The maximum atomic E-state index is 11.7. The summed E-state index contributed by atoms with van der Waals surface area (Å²) in [6.07, 6.45) is 6.00. The zero-order valence-electron chi connectivity index (χ0n) is 9.78. The zero-order chi connectivity index (χ0) is 12.1. The number of carbonyl (C=O) groups excluding carboxylic acids is 1. The van der Waals surface area contributed by atoms with Crippen molar-refractivity contribution >= 4 is 5.91 Å². The summed E-state index contributed by atoms with van der Waals surface area (Å²) in [6, 6.07) is 6.62. The second-order valence-corrected chi connectivity index (χ2v) is 4.48. The largest absolute Gasteiger partial charge is 0.508 e. The van der Waals surface area contributed by atoms with Gasteiger partial charge in [-0.3, -0.25) is 10.2 Å². The fraction of sp³-hybridized carbons (Fsp3) is 0.462. The fourth-order valence-corrected chi connectivity index (χ4v) is 2.10. The van der Waals surface area contributed by atoms with E-state index in [4.69, 9.17) is 5.11 Å². The van der Waals surface area contributed by atoms with Gasteiger partial charge >= 0.3 is 0 Å². The minimum absolute atomic E-state index is 0.157. The van der Waals surface area contributed by atoms with E-state index in [1.807, 2.05) is 0 Å². The van der Waals surface area contributed by atoms with E-state index in [9.17, 15) is 4.79 Å². The number of carbonyl (C=O) groups is 1. The number of nitrogens with one attached hydrogen (secondary N) is 2. The third-order valence-corrected chi connectivity index (χ3v) is 3.12. The van der Waals surface area contributed by atoms with Crippen LogP contribution in [0.5, 0.6) is 5.75 Å². The summed E-state index contributed by atoms with van der Waals surface area (Å²) in [6.45, 7) is 0. The van der Waals surface area contributed by atoms with E-state index in [1.165, 1.54) is 31.4 Å². The molecule has 0 saturated heterocycles. The predicted octanol–water partition coefficient (Wildman–Crippen LogP) is 1.96. The molecule has 1 fully saturated rings. The zero-order valence-corrected chi connectivity index (χ0v) is 9.78. The minimum Gasteiger partial charge on any atom is -0.508 e. The third-order valence-electron chi connectivity index (χ3n) is 3.12. The summed E-state index contributed by atoms with van der Waals surface area (Å²) in [7, 11) is 0. The van der Waals surface area contributed by atoms with E-state index >= 15 is 0 Å². The summed E-state index contributed by atoms with van der Waals surface area (Å²) in [5.41, 5.74) is 6.34. The normalized spacial score (nSPS) is 16.7. The quantitative estimate of drug-likeness (QED) is 0.701. The number of hydrazine groups is 1. The molecular formula is C13H18N2O2. The molecule has 4 heteroatoms. The maximum absolute atomic E-state index is 11.7. The molecule has 1 aliphatic carbocycles. The minimum atomic E-state index is -0.157. The molecule has 17 heavy (non-hydrogen) atoms. The molecule has 0 unspecified atom stereocenters. The van der Waals surface area contributed by atoms with E-state index in [0.717, 1.165) is 12.8 Å². The van der Waals surface area contributed by atoms with Crippen molar-refractivity contribution < 1.29 is 9.90 Å². The molecule has 0 spiro atoms. The SMILES string of the molecule is O=C(NNC1CCCCC1)c1ccc(O)cc1. The maximum Gasteiger partial charge on any atom is 0.265 e. The molecular weight excluding hydrogens is 216 g/mol. The number of benzene rings is 1. The summed E-state index contributed by atoms with van der Waals surface area (Å²) in [4.78, 5) is 11.7. The van der Waals surface area contributed by atoms with Crippen LogP contribution in [0.1, 0.15) is 42.5 Å². The Bertz CT molecular complexity index is 370. The topological polar surface area (TPSA) is 61.4 Å². The van der Waals surface area contributed by atoms with Crippen molar-refractivity contribution in [1.82, 2.24) is 10.9 Å². The van der Waals surface area contributed by atoms with Gasteiger partial charge in [0, 0.05) is 11.6 Å². The van der Waals surface area contributed by atoms with Crippen LogP contribution in [-0.4, -0.2) is 17.1 Å². The predicted molar refractivity (Wildman–Crippen MR) is 65.6 cm³/mol. The lowest BCUT2D eigenvalue weighted by molar-refractivity contribution is 0.0920. The van der Waals surface area contributed by atoms with Gasteiger partial charge in [0.05, 0.1) is 0 Å². The van der Waals surface area contributed by atoms with Gasteiger partial charge in [-0.1, -0.05) is 19.3 Å². The first-order valence-electron chi connectivity index (χ1n) is 6.10. The van der Waals surface area contributed by atoms with Crippen LogP contribution in [0.3, 0.4) is 0 Å². The molecule has 1 aromatic carbocycles. The molecule has 0 bridgehead atoms. The number of phenolic OH excluding ortho intramolecular Hbond substituents is 1. The molecule has 1 aromatic rings. The van der Waals surface area contributed by atoms with Crippen molar-refractivity contribution in [2.24, 2.45) is 0 Å². The molecule has 1 saturated carbocycles. The molecule has 3 N–H and O–H groups in total. The molecule has 1 amide bonds. The lowest BCUT2D eigenvalue weighted by Crippen LogP contribution is -2.45. The second-order valence-electron chi connectivity index (χ2n) is 4.48. The highest BCUT2D eigenvalue weighted by Crippen LogP contribution is 2.16. The monoisotopic (exact) mass is 234 g/mol. The van der Waals surface area contributed by atoms with Crippen LogP contribution in [0.25, 0.3) is 0 Å². The summed E-state index contributed by atoms with van der Waals surface area (Å²) in [5.74, 6) is 0.0114. The second kappa shape index (κ2) is 5.68. The number of phenols is 1. The van der Waals surface area contributed by atoms with Gasteiger partial charge in [0.1, 0.15) is 5.75 Å². The van der Waals surface area contributed by atoms with Crippen LogP contribution in [0, 0.1) is 0 Å². The van der Waals surface area contributed by atoms with E-state index in [2.05, 4.69) is 10.9 Å². The van der Waals surface area contributed by atoms with Crippen LogP contribution >= 0.6 is 0 Å². The molecule has 0 radical (unpaired) electrons. The number of aromatic hydroxyl groups is 1. The smallest absolute Gasteiger partial charge is 0.265 e. The molecule has 0 atom stereocenters. The number of rotatable bonds is 3. The fourth-order valence-electron chi connectivity index (χ4n) is 2.10. The Kier molecular flexibility index (Phi) is 3.98. The molecule has 0 heterocycles. The van der Waals surface area contributed by atoms with Crippen molar-refractivity contribution in [3.05, 3.63) is 29.8 Å².